The molecule has 4 nitrogen and oxygen atoms in total. The zero-order chi connectivity index (χ0) is 13.7. The Morgan fingerprint density at radius 3 is 2.89 bits per heavy atom. The number of carboxylic acid groups (broad SMARTS) is 1. The molecule has 1 aliphatic rings. The number of carboxylic acids is 1. The summed E-state index contributed by atoms with van der Waals surface area (Å²) in [6.45, 7) is 0. The summed E-state index contributed by atoms with van der Waals surface area (Å²) < 4.78 is 0. The van der Waals surface area contributed by atoms with E-state index in [0.717, 1.165) is 12.2 Å². The normalized spacial score (nSPS) is 17.6. The van der Waals surface area contributed by atoms with Crippen molar-refractivity contribution in [2.24, 2.45) is 0 Å². The fourth-order valence-electron chi connectivity index (χ4n) is 2.16. The van der Waals surface area contributed by atoms with E-state index in [0.29, 0.717) is 6.42 Å². The third kappa shape index (κ3) is 3.99. The van der Waals surface area contributed by atoms with Crippen LogP contribution < -0.4 is 5.32 Å². The zero-order valence-electron chi connectivity index (χ0n) is 10.6. The summed E-state index contributed by atoms with van der Waals surface area (Å²) in [5.41, 5.74) is 1.17. The first-order valence-corrected chi connectivity index (χ1v) is 7.38. The van der Waals surface area contributed by atoms with Crippen LogP contribution in [0.4, 0.5) is 0 Å². The molecule has 0 saturated heterocycles. The van der Waals surface area contributed by atoms with Gasteiger partial charge in [-0.1, -0.05) is 18.2 Å². The third-order valence-corrected chi connectivity index (χ3v) is 4.21. The van der Waals surface area contributed by atoms with Crippen molar-refractivity contribution < 1.29 is 14.7 Å². The highest BCUT2D eigenvalue weighted by atomic mass is 32.2. The van der Waals surface area contributed by atoms with Gasteiger partial charge in [0.2, 0.25) is 5.91 Å². The van der Waals surface area contributed by atoms with Crippen LogP contribution in [0.25, 0.3) is 0 Å². The summed E-state index contributed by atoms with van der Waals surface area (Å²) in [5, 5.41) is 11.5. The highest BCUT2D eigenvalue weighted by Crippen LogP contribution is 2.35. The van der Waals surface area contributed by atoms with E-state index in [1.54, 1.807) is 0 Å². The first-order chi connectivity index (χ1) is 9.16. The SMILES string of the molecule is O=C(O)CCCC(=O)NC1CCSc2ccccc21. The van der Waals surface area contributed by atoms with Crippen LogP contribution >= 0.6 is 11.8 Å². The lowest BCUT2D eigenvalue weighted by Gasteiger charge is -2.25. The number of amides is 1. The van der Waals surface area contributed by atoms with Crippen molar-refractivity contribution in [1.29, 1.82) is 0 Å². The Kier molecular flexibility index (Phi) is 4.85. The minimum absolute atomic E-state index is 0.0462. The van der Waals surface area contributed by atoms with Crippen molar-refractivity contribution >= 4 is 23.6 Å². The molecule has 1 aromatic rings. The molecule has 1 amide bonds. The van der Waals surface area contributed by atoms with Gasteiger partial charge in [0.1, 0.15) is 0 Å². The molecule has 1 unspecified atom stereocenters. The van der Waals surface area contributed by atoms with Crippen molar-refractivity contribution in [2.75, 3.05) is 5.75 Å². The van der Waals surface area contributed by atoms with E-state index in [1.165, 1.54) is 10.5 Å². The summed E-state index contributed by atoms with van der Waals surface area (Å²) in [4.78, 5) is 23.4. The zero-order valence-corrected chi connectivity index (χ0v) is 11.4. The predicted molar refractivity (Wildman–Crippen MR) is 74.2 cm³/mol. The summed E-state index contributed by atoms with van der Waals surface area (Å²) in [5.74, 6) is 0.0806. The third-order valence-electron chi connectivity index (χ3n) is 3.09. The van der Waals surface area contributed by atoms with E-state index >= 15 is 0 Å². The van der Waals surface area contributed by atoms with Gasteiger partial charge in [0.25, 0.3) is 0 Å². The standard InChI is InChI=1S/C14H17NO3S/c16-13(6-3-7-14(17)18)15-11-8-9-19-12-5-2-1-4-10(11)12/h1-2,4-5,11H,3,6-9H2,(H,15,16)(H,17,18). The van der Waals surface area contributed by atoms with E-state index in [1.807, 2.05) is 30.0 Å². The summed E-state index contributed by atoms with van der Waals surface area (Å²) in [6, 6.07) is 8.17. The number of carbonyl (C=O) groups is 2. The van der Waals surface area contributed by atoms with E-state index in [4.69, 9.17) is 5.11 Å². The molecule has 1 aliphatic heterocycles. The molecule has 5 heteroatoms. The molecule has 0 saturated carbocycles. The van der Waals surface area contributed by atoms with Crippen LogP contribution in [0.15, 0.2) is 29.2 Å². The number of rotatable bonds is 5. The lowest BCUT2D eigenvalue weighted by Crippen LogP contribution is -2.30. The average molecular weight is 279 g/mol. The maximum absolute atomic E-state index is 11.8. The van der Waals surface area contributed by atoms with Gasteiger partial charge in [-0.3, -0.25) is 9.59 Å². The molecular weight excluding hydrogens is 262 g/mol. The topological polar surface area (TPSA) is 66.4 Å². The highest BCUT2D eigenvalue weighted by molar-refractivity contribution is 7.99. The molecule has 1 atom stereocenters. The second kappa shape index (κ2) is 6.61. The van der Waals surface area contributed by atoms with Crippen molar-refractivity contribution in [3.63, 3.8) is 0 Å². The van der Waals surface area contributed by atoms with Crippen LogP contribution in [-0.4, -0.2) is 22.7 Å². The first-order valence-electron chi connectivity index (χ1n) is 6.39. The Morgan fingerprint density at radius 1 is 1.32 bits per heavy atom. The van der Waals surface area contributed by atoms with Gasteiger partial charge < -0.3 is 10.4 Å². The van der Waals surface area contributed by atoms with Gasteiger partial charge in [-0.25, -0.2) is 0 Å². The molecule has 0 aliphatic carbocycles. The van der Waals surface area contributed by atoms with Crippen LogP contribution in [0.1, 0.15) is 37.3 Å². The van der Waals surface area contributed by atoms with E-state index in [2.05, 4.69) is 11.4 Å². The Morgan fingerprint density at radius 2 is 2.11 bits per heavy atom. The number of nitrogens with one attached hydrogen (secondary N) is 1. The molecule has 19 heavy (non-hydrogen) atoms. The van der Waals surface area contributed by atoms with Gasteiger partial charge in [0.05, 0.1) is 6.04 Å². The van der Waals surface area contributed by atoms with Crippen LogP contribution in [0.5, 0.6) is 0 Å². The van der Waals surface area contributed by atoms with E-state index in [9.17, 15) is 9.59 Å². The number of thioether (sulfide) groups is 1. The Hall–Kier alpha value is -1.49. The number of hydrogen-bond donors (Lipinski definition) is 2. The number of fused-ring (bicyclic) bond motifs is 1. The van der Waals surface area contributed by atoms with Gasteiger partial charge in [0.15, 0.2) is 0 Å². The summed E-state index contributed by atoms with van der Waals surface area (Å²) in [7, 11) is 0. The van der Waals surface area contributed by atoms with Crippen LogP contribution in [0.3, 0.4) is 0 Å². The van der Waals surface area contributed by atoms with Crippen molar-refractivity contribution in [3.8, 4) is 0 Å². The molecule has 2 rings (SSSR count). The molecule has 1 heterocycles. The van der Waals surface area contributed by atoms with Crippen LogP contribution in [-0.2, 0) is 9.59 Å². The van der Waals surface area contributed by atoms with Crippen molar-refractivity contribution in [3.05, 3.63) is 29.8 Å². The fraction of sp³-hybridized carbons (Fsp3) is 0.429. The van der Waals surface area contributed by atoms with Crippen molar-refractivity contribution in [2.45, 2.75) is 36.6 Å². The predicted octanol–water partition coefficient (Wildman–Crippen LogP) is 2.59. The fourth-order valence-corrected chi connectivity index (χ4v) is 3.28. The maximum atomic E-state index is 11.8. The van der Waals surface area contributed by atoms with Crippen LogP contribution in [0, 0.1) is 0 Å². The van der Waals surface area contributed by atoms with Gasteiger partial charge in [-0.2, -0.15) is 0 Å². The Labute approximate surface area is 116 Å². The Balaban J connectivity index is 1.90. The van der Waals surface area contributed by atoms with Crippen molar-refractivity contribution in [1.82, 2.24) is 5.32 Å². The second-order valence-corrected chi connectivity index (χ2v) is 5.68. The largest absolute Gasteiger partial charge is 0.481 e. The van der Waals surface area contributed by atoms with Gasteiger partial charge >= 0.3 is 5.97 Å². The number of carbonyl (C=O) groups excluding carboxylic acids is 1. The molecule has 0 bridgehead atoms. The van der Waals surface area contributed by atoms with E-state index in [-0.39, 0.29) is 24.8 Å². The first kappa shape index (κ1) is 13.9. The monoisotopic (exact) mass is 279 g/mol. The smallest absolute Gasteiger partial charge is 0.303 e. The quantitative estimate of drug-likeness (QED) is 0.869. The number of benzene rings is 1. The van der Waals surface area contributed by atoms with Gasteiger partial charge in [-0.15, -0.1) is 11.8 Å². The molecule has 0 spiro atoms. The van der Waals surface area contributed by atoms with Gasteiger partial charge in [-0.05, 0) is 24.5 Å². The Bertz CT molecular complexity index is 476. The average Bonchev–Trinajstić information content (AvgIpc) is 2.39. The number of hydrogen-bond acceptors (Lipinski definition) is 3. The molecule has 0 aromatic heterocycles. The molecule has 2 N–H and O–H groups in total. The summed E-state index contributed by atoms with van der Waals surface area (Å²) >= 11 is 1.81. The molecular formula is C14H17NO3S. The minimum atomic E-state index is -0.854. The number of aliphatic carboxylic acids is 1. The highest BCUT2D eigenvalue weighted by Gasteiger charge is 2.21. The molecule has 0 radical (unpaired) electrons. The maximum Gasteiger partial charge on any atom is 0.303 e. The lowest BCUT2D eigenvalue weighted by atomic mass is 10.0. The molecule has 0 fully saturated rings. The van der Waals surface area contributed by atoms with Gasteiger partial charge in [0, 0.05) is 23.5 Å². The summed E-state index contributed by atoms with van der Waals surface area (Å²) in [6.07, 6.45) is 1.64. The van der Waals surface area contributed by atoms with E-state index < -0.39 is 5.97 Å². The second-order valence-electron chi connectivity index (χ2n) is 4.54. The molecule has 102 valence electrons. The molecule has 1 aromatic carbocycles. The minimum Gasteiger partial charge on any atom is -0.481 e. The lowest BCUT2D eigenvalue weighted by molar-refractivity contribution is -0.137. The van der Waals surface area contributed by atoms with Crippen LogP contribution in [0.2, 0.25) is 0 Å².